The van der Waals surface area contributed by atoms with Gasteiger partial charge in [0.2, 0.25) is 5.91 Å². The molecule has 2 aliphatic heterocycles. The fourth-order valence-electron chi connectivity index (χ4n) is 2.85. The van der Waals surface area contributed by atoms with Gasteiger partial charge >= 0.3 is 0 Å². The van der Waals surface area contributed by atoms with Crippen molar-refractivity contribution in [3.63, 3.8) is 0 Å². The number of thioether (sulfide) groups is 1. The van der Waals surface area contributed by atoms with E-state index >= 15 is 0 Å². The van der Waals surface area contributed by atoms with Gasteiger partial charge in [-0.1, -0.05) is 30.3 Å². The van der Waals surface area contributed by atoms with Crippen molar-refractivity contribution in [2.75, 3.05) is 11.5 Å². The second-order valence-electron chi connectivity index (χ2n) is 4.95. The van der Waals surface area contributed by atoms with E-state index in [0.29, 0.717) is 6.04 Å². The van der Waals surface area contributed by atoms with Crippen LogP contribution in [0.15, 0.2) is 30.3 Å². The van der Waals surface area contributed by atoms with Crippen LogP contribution in [0.2, 0.25) is 0 Å². The average molecular weight is 262 g/mol. The zero-order valence-electron chi connectivity index (χ0n) is 10.5. The van der Waals surface area contributed by atoms with E-state index in [2.05, 4.69) is 17.1 Å². The minimum absolute atomic E-state index is 0.145. The summed E-state index contributed by atoms with van der Waals surface area (Å²) in [6.07, 6.45) is 1.27. The van der Waals surface area contributed by atoms with Crippen LogP contribution in [-0.2, 0) is 4.79 Å². The third-order valence-electron chi connectivity index (χ3n) is 3.76. The summed E-state index contributed by atoms with van der Waals surface area (Å²) in [5, 5.41) is 3.41. The summed E-state index contributed by atoms with van der Waals surface area (Å²) >= 11 is 1.95. The van der Waals surface area contributed by atoms with Gasteiger partial charge in [-0.05, 0) is 24.7 Å². The van der Waals surface area contributed by atoms with Gasteiger partial charge in [0.05, 0.1) is 6.17 Å². The second-order valence-corrected chi connectivity index (χ2v) is 6.10. The molecule has 3 atom stereocenters. The Labute approximate surface area is 112 Å². The zero-order chi connectivity index (χ0) is 12.5. The van der Waals surface area contributed by atoms with Crippen molar-refractivity contribution >= 4 is 17.7 Å². The standard InChI is InChI=1S/C14H18N2OS/c1-10-15-13(11-5-3-2-4-6-11)14(17)16(10)12-7-8-18-9-12/h2-6,10,12-13,15H,7-9H2,1H3. The Bertz CT molecular complexity index is 431. The molecule has 1 amide bonds. The van der Waals surface area contributed by atoms with E-state index in [4.69, 9.17) is 0 Å². The van der Waals surface area contributed by atoms with Gasteiger partial charge < -0.3 is 4.90 Å². The maximum atomic E-state index is 12.6. The summed E-state index contributed by atoms with van der Waals surface area (Å²) in [5.74, 6) is 2.50. The number of hydrogen-bond acceptors (Lipinski definition) is 3. The molecule has 18 heavy (non-hydrogen) atoms. The van der Waals surface area contributed by atoms with Crippen LogP contribution in [0.1, 0.15) is 24.9 Å². The Morgan fingerprint density at radius 3 is 2.78 bits per heavy atom. The second kappa shape index (κ2) is 4.94. The number of carbonyl (C=O) groups excluding carboxylic acids is 1. The zero-order valence-corrected chi connectivity index (χ0v) is 11.3. The highest BCUT2D eigenvalue weighted by molar-refractivity contribution is 7.99. The van der Waals surface area contributed by atoms with Gasteiger partial charge in [0.25, 0.3) is 0 Å². The van der Waals surface area contributed by atoms with Gasteiger partial charge in [0.15, 0.2) is 0 Å². The summed E-state index contributed by atoms with van der Waals surface area (Å²) in [6, 6.07) is 10.3. The largest absolute Gasteiger partial charge is 0.322 e. The van der Waals surface area contributed by atoms with Crippen LogP contribution >= 0.6 is 11.8 Å². The van der Waals surface area contributed by atoms with Crippen LogP contribution in [0, 0.1) is 0 Å². The normalized spacial score (nSPS) is 32.2. The Kier molecular flexibility index (Phi) is 3.31. The molecular weight excluding hydrogens is 244 g/mol. The van der Waals surface area contributed by atoms with Crippen LogP contribution < -0.4 is 5.32 Å². The van der Waals surface area contributed by atoms with Gasteiger partial charge in [0, 0.05) is 11.8 Å². The van der Waals surface area contributed by atoms with Crippen molar-refractivity contribution in [2.45, 2.75) is 31.6 Å². The van der Waals surface area contributed by atoms with Crippen molar-refractivity contribution in [1.29, 1.82) is 0 Å². The van der Waals surface area contributed by atoms with Gasteiger partial charge in [-0.2, -0.15) is 11.8 Å². The first-order valence-electron chi connectivity index (χ1n) is 6.48. The molecule has 1 aromatic carbocycles. The molecule has 2 fully saturated rings. The van der Waals surface area contributed by atoms with Crippen LogP contribution in [0.4, 0.5) is 0 Å². The number of nitrogens with zero attached hydrogens (tertiary/aromatic N) is 1. The van der Waals surface area contributed by atoms with E-state index in [1.54, 1.807) is 0 Å². The van der Waals surface area contributed by atoms with Crippen LogP contribution in [0.5, 0.6) is 0 Å². The molecule has 2 saturated heterocycles. The lowest BCUT2D eigenvalue weighted by molar-refractivity contribution is -0.131. The van der Waals surface area contributed by atoms with Gasteiger partial charge in [0.1, 0.15) is 6.04 Å². The maximum absolute atomic E-state index is 12.6. The third-order valence-corrected chi connectivity index (χ3v) is 4.90. The minimum Gasteiger partial charge on any atom is -0.322 e. The van der Waals surface area contributed by atoms with Gasteiger partial charge in [-0.15, -0.1) is 0 Å². The third kappa shape index (κ3) is 2.04. The molecule has 0 aromatic heterocycles. The number of amides is 1. The van der Waals surface area contributed by atoms with Crippen molar-refractivity contribution < 1.29 is 4.79 Å². The van der Waals surface area contributed by atoms with Crippen LogP contribution in [0.25, 0.3) is 0 Å². The lowest BCUT2D eigenvalue weighted by Crippen LogP contribution is -2.43. The Morgan fingerprint density at radius 2 is 2.11 bits per heavy atom. The quantitative estimate of drug-likeness (QED) is 0.885. The fraction of sp³-hybridized carbons (Fsp3) is 0.500. The first-order valence-corrected chi connectivity index (χ1v) is 7.64. The van der Waals surface area contributed by atoms with E-state index in [1.165, 1.54) is 5.75 Å². The summed E-state index contributed by atoms with van der Waals surface area (Å²) in [6.45, 7) is 2.09. The molecule has 4 heteroatoms. The predicted octanol–water partition coefficient (Wildman–Crippen LogP) is 2.01. The molecule has 0 saturated carbocycles. The van der Waals surface area contributed by atoms with Gasteiger partial charge in [-0.3, -0.25) is 10.1 Å². The highest BCUT2D eigenvalue weighted by Crippen LogP contribution is 2.31. The van der Waals surface area contributed by atoms with E-state index < -0.39 is 0 Å². The molecule has 0 spiro atoms. The number of carbonyl (C=O) groups is 1. The lowest BCUT2D eigenvalue weighted by Gasteiger charge is -2.27. The summed E-state index contributed by atoms with van der Waals surface area (Å²) in [7, 11) is 0. The lowest BCUT2D eigenvalue weighted by atomic mass is 10.1. The van der Waals surface area contributed by atoms with Crippen molar-refractivity contribution in [3.8, 4) is 0 Å². The van der Waals surface area contributed by atoms with Crippen molar-refractivity contribution in [2.24, 2.45) is 0 Å². The molecule has 0 bridgehead atoms. The SMILES string of the molecule is CC1NC(c2ccccc2)C(=O)N1C1CCSC1. The van der Waals surface area contributed by atoms with E-state index in [-0.39, 0.29) is 18.1 Å². The molecule has 2 heterocycles. The first-order chi connectivity index (χ1) is 8.77. The average Bonchev–Trinajstić information content (AvgIpc) is 2.99. The molecule has 3 unspecified atom stereocenters. The fourth-order valence-corrected chi connectivity index (χ4v) is 4.06. The number of benzene rings is 1. The Morgan fingerprint density at radius 1 is 1.33 bits per heavy atom. The Balaban J connectivity index is 1.82. The molecule has 0 radical (unpaired) electrons. The smallest absolute Gasteiger partial charge is 0.245 e. The van der Waals surface area contributed by atoms with Crippen molar-refractivity contribution in [3.05, 3.63) is 35.9 Å². The summed E-state index contributed by atoms with van der Waals surface area (Å²) in [5.41, 5.74) is 1.07. The Hall–Kier alpha value is -1.00. The topological polar surface area (TPSA) is 32.3 Å². The monoisotopic (exact) mass is 262 g/mol. The molecule has 96 valence electrons. The number of rotatable bonds is 2. The van der Waals surface area contributed by atoms with E-state index in [9.17, 15) is 4.79 Å². The summed E-state index contributed by atoms with van der Waals surface area (Å²) in [4.78, 5) is 14.6. The number of nitrogens with one attached hydrogen (secondary N) is 1. The highest BCUT2D eigenvalue weighted by Gasteiger charge is 2.41. The van der Waals surface area contributed by atoms with E-state index in [0.717, 1.165) is 17.7 Å². The summed E-state index contributed by atoms with van der Waals surface area (Å²) < 4.78 is 0. The minimum atomic E-state index is -0.160. The molecule has 3 nitrogen and oxygen atoms in total. The highest BCUT2D eigenvalue weighted by atomic mass is 32.2. The molecule has 1 aromatic rings. The first kappa shape index (κ1) is 12.1. The molecular formula is C14H18N2OS. The van der Waals surface area contributed by atoms with Gasteiger partial charge in [-0.25, -0.2) is 0 Å². The maximum Gasteiger partial charge on any atom is 0.245 e. The van der Waals surface area contributed by atoms with Crippen LogP contribution in [0.3, 0.4) is 0 Å². The molecule has 1 N–H and O–H groups in total. The molecule has 0 aliphatic carbocycles. The van der Waals surface area contributed by atoms with Crippen molar-refractivity contribution in [1.82, 2.24) is 10.2 Å². The van der Waals surface area contributed by atoms with Crippen LogP contribution in [-0.4, -0.2) is 34.5 Å². The number of hydrogen-bond donors (Lipinski definition) is 1. The predicted molar refractivity (Wildman–Crippen MR) is 74.4 cm³/mol. The van der Waals surface area contributed by atoms with E-state index in [1.807, 2.05) is 42.1 Å². The molecule has 2 aliphatic rings. The molecule has 3 rings (SSSR count).